The van der Waals surface area contributed by atoms with E-state index in [4.69, 9.17) is 5.11 Å². The SMILES string of the molecule is O=C(NC(C(=O)O)c1ccc(F)cc1)C1CC1. The quantitative estimate of drug-likeness (QED) is 0.833. The maximum Gasteiger partial charge on any atom is 0.330 e. The Morgan fingerprint density at radius 2 is 1.88 bits per heavy atom. The first kappa shape index (κ1) is 11.6. The summed E-state index contributed by atoms with van der Waals surface area (Å²) < 4.78 is 12.7. The summed E-state index contributed by atoms with van der Waals surface area (Å²) in [6, 6.07) is 3.97. The Labute approximate surface area is 97.4 Å². The molecule has 5 heteroatoms. The number of nitrogens with one attached hydrogen (secondary N) is 1. The average Bonchev–Trinajstić information content (AvgIpc) is 3.10. The van der Waals surface area contributed by atoms with Gasteiger partial charge in [-0.3, -0.25) is 4.79 Å². The van der Waals surface area contributed by atoms with Crippen LogP contribution in [0.1, 0.15) is 24.4 Å². The molecular formula is C12H12FNO3. The molecule has 1 aliphatic rings. The number of aliphatic carboxylic acids is 1. The Morgan fingerprint density at radius 1 is 1.29 bits per heavy atom. The second-order valence-corrected chi connectivity index (χ2v) is 4.11. The van der Waals surface area contributed by atoms with E-state index in [9.17, 15) is 14.0 Å². The molecule has 2 N–H and O–H groups in total. The Bertz CT molecular complexity index is 440. The summed E-state index contributed by atoms with van der Waals surface area (Å²) in [5.41, 5.74) is 0.368. The standard InChI is InChI=1S/C12H12FNO3/c13-9-5-3-7(4-6-9)10(12(16)17)14-11(15)8-1-2-8/h3-6,8,10H,1-2H2,(H,14,15)(H,16,17). The molecule has 0 bridgehead atoms. The maximum absolute atomic E-state index is 12.7. The molecule has 2 rings (SSSR count). The molecule has 90 valence electrons. The van der Waals surface area contributed by atoms with Crippen molar-refractivity contribution in [2.45, 2.75) is 18.9 Å². The van der Waals surface area contributed by atoms with Crippen LogP contribution in [0.5, 0.6) is 0 Å². The van der Waals surface area contributed by atoms with Gasteiger partial charge in [-0.15, -0.1) is 0 Å². The van der Waals surface area contributed by atoms with Gasteiger partial charge in [0, 0.05) is 5.92 Å². The van der Waals surface area contributed by atoms with Crippen LogP contribution >= 0.6 is 0 Å². The summed E-state index contributed by atoms with van der Waals surface area (Å²) in [6.07, 6.45) is 1.61. The van der Waals surface area contributed by atoms with Crippen LogP contribution in [0, 0.1) is 11.7 Å². The van der Waals surface area contributed by atoms with E-state index in [2.05, 4.69) is 5.32 Å². The molecule has 1 unspecified atom stereocenters. The Morgan fingerprint density at radius 3 is 2.35 bits per heavy atom. The maximum atomic E-state index is 12.7. The molecule has 0 aromatic heterocycles. The van der Waals surface area contributed by atoms with Crippen molar-refractivity contribution >= 4 is 11.9 Å². The fourth-order valence-electron chi connectivity index (χ4n) is 1.55. The lowest BCUT2D eigenvalue weighted by atomic mass is 10.1. The van der Waals surface area contributed by atoms with Crippen LogP contribution in [-0.2, 0) is 9.59 Å². The lowest BCUT2D eigenvalue weighted by molar-refractivity contribution is -0.142. The summed E-state index contributed by atoms with van der Waals surface area (Å²) in [6.45, 7) is 0. The van der Waals surface area contributed by atoms with Gasteiger partial charge in [-0.1, -0.05) is 12.1 Å². The van der Waals surface area contributed by atoms with Crippen molar-refractivity contribution in [1.82, 2.24) is 5.32 Å². The molecule has 0 saturated heterocycles. The van der Waals surface area contributed by atoms with Gasteiger partial charge < -0.3 is 10.4 Å². The molecule has 4 nitrogen and oxygen atoms in total. The second-order valence-electron chi connectivity index (χ2n) is 4.11. The van der Waals surface area contributed by atoms with Crippen molar-refractivity contribution in [3.8, 4) is 0 Å². The fourth-order valence-corrected chi connectivity index (χ4v) is 1.55. The molecule has 1 aromatic rings. The average molecular weight is 237 g/mol. The van der Waals surface area contributed by atoms with Crippen molar-refractivity contribution in [2.75, 3.05) is 0 Å². The van der Waals surface area contributed by atoms with Crippen molar-refractivity contribution in [2.24, 2.45) is 5.92 Å². The molecule has 0 spiro atoms. The number of carbonyl (C=O) groups is 2. The van der Waals surface area contributed by atoms with Gasteiger partial charge in [0.1, 0.15) is 5.82 Å². The van der Waals surface area contributed by atoms with Crippen LogP contribution in [-0.4, -0.2) is 17.0 Å². The third-order valence-corrected chi connectivity index (χ3v) is 2.69. The molecule has 1 saturated carbocycles. The van der Waals surface area contributed by atoms with Crippen LogP contribution < -0.4 is 5.32 Å². The van der Waals surface area contributed by atoms with Gasteiger partial charge in [0.2, 0.25) is 5.91 Å². The van der Waals surface area contributed by atoms with E-state index in [1.165, 1.54) is 24.3 Å². The molecule has 1 aromatic carbocycles. The lowest BCUT2D eigenvalue weighted by Crippen LogP contribution is -2.34. The number of hydrogen-bond acceptors (Lipinski definition) is 2. The molecule has 17 heavy (non-hydrogen) atoms. The highest BCUT2D eigenvalue weighted by atomic mass is 19.1. The predicted molar refractivity (Wildman–Crippen MR) is 57.6 cm³/mol. The normalized spacial score (nSPS) is 16.3. The molecule has 0 radical (unpaired) electrons. The number of hydrogen-bond donors (Lipinski definition) is 2. The molecule has 0 aliphatic heterocycles. The highest BCUT2D eigenvalue weighted by molar-refractivity contribution is 5.87. The highest BCUT2D eigenvalue weighted by Gasteiger charge is 2.33. The van der Waals surface area contributed by atoms with Crippen molar-refractivity contribution < 1.29 is 19.1 Å². The van der Waals surface area contributed by atoms with Crippen LogP contribution in [0.3, 0.4) is 0 Å². The third-order valence-electron chi connectivity index (χ3n) is 2.69. The van der Waals surface area contributed by atoms with Crippen LogP contribution in [0.2, 0.25) is 0 Å². The topological polar surface area (TPSA) is 66.4 Å². The van der Waals surface area contributed by atoms with E-state index in [0.717, 1.165) is 12.8 Å². The summed E-state index contributed by atoms with van der Waals surface area (Å²) in [7, 11) is 0. The van der Waals surface area contributed by atoms with Crippen molar-refractivity contribution in [1.29, 1.82) is 0 Å². The van der Waals surface area contributed by atoms with E-state index in [-0.39, 0.29) is 11.8 Å². The summed E-state index contributed by atoms with van der Waals surface area (Å²) in [4.78, 5) is 22.6. The fraction of sp³-hybridized carbons (Fsp3) is 0.333. The Kier molecular flexibility index (Phi) is 3.08. The number of benzene rings is 1. The Balaban J connectivity index is 2.13. The van der Waals surface area contributed by atoms with Gasteiger partial charge in [0.25, 0.3) is 0 Å². The number of carboxylic acid groups (broad SMARTS) is 1. The molecule has 1 amide bonds. The monoisotopic (exact) mass is 237 g/mol. The first-order valence-corrected chi connectivity index (χ1v) is 5.36. The first-order chi connectivity index (χ1) is 8.08. The highest BCUT2D eigenvalue weighted by Crippen LogP contribution is 2.29. The van der Waals surface area contributed by atoms with Gasteiger partial charge in [0.05, 0.1) is 0 Å². The minimum atomic E-state index is -1.15. The first-order valence-electron chi connectivity index (χ1n) is 5.36. The number of carbonyl (C=O) groups excluding carboxylic acids is 1. The molecule has 1 fully saturated rings. The van der Waals surface area contributed by atoms with Gasteiger partial charge in [-0.25, -0.2) is 9.18 Å². The van der Waals surface area contributed by atoms with Crippen LogP contribution in [0.15, 0.2) is 24.3 Å². The lowest BCUT2D eigenvalue weighted by Gasteiger charge is -2.14. The molecule has 0 heterocycles. The van der Waals surface area contributed by atoms with Crippen LogP contribution in [0.25, 0.3) is 0 Å². The number of rotatable bonds is 4. The van der Waals surface area contributed by atoms with Gasteiger partial charge in [-0.05, 0) is 30.5 Å². The summed E-state index contributed by atoms with van der Waals surface area (Å²) in [5.74, 6) is -1.89. The number of amides is 1. The van der Waals surface area contributed by atoms with Crippen molar-refractivity contribution in [3.63, 3.8) is 0 Å². The minimum absolute atomic E-state index is 0.0581. The number of halogens is 1. The second kappa shape index (κ2) is 4.53. The predicted octanol–water partition coefficient (Wildman–Crippen LogP) is 1.48. The van der Waals surface area contributed by atoms with E-state index in [1.54, 1.807) is 0 Å². The van der Waals surface area contributed by atoms with E-state index < -0.39 is 17.8 Å². The number of carboxylic acids is 1. The van der Waals surface area contributed by atoms with E-state index >= 15 is 0 Å². The van der Waals surface area contributed by atoms with E-state index in [1.807, 2.05) is 0 Å². The third kappa shape index (κ3) is 2.81. The zero-order valence-corrected chi connectivity index (χ0v) is 9.02. The smallest absolute Gasteiger partial charge is 0.330 e. The summed E-state index contributed by atoms with van der Waals surface area (Å²) in [5, 5.41) is 11.5. The van der Waals surface area contributed by atoms with Gasteiger partial charge >= 0.3 is 5.97 Å². The van der Waals surface area contributed by atoms with Crippen LogP contribution in [0.4, 0.5) is 4.39 Å². The Hall–Kier alpha value is -1.91. The van der Waals surface area contributed by atoms with Gasteiger partial charge in [-0.2, -0.15) is 0 Å². The largest absolute Gasteiger partial charge is 0.479 e. The summed E-state index contributed by atoms with van der Waals surface area (Å²) >= 11 is 0. The van der Waals surface area contributed by atoms with Gasteiger partial charge in [0.15, 0.2) is 6.04 Å². The zero-order valence-electron chi connectivity index (χ0n) is 9.02. The van der Waals surface area contributed by atoms with Crippen molar-refractivity contribution in [3.05, 3.63) is 35.6 Å². The molecule has 1 aliphatic carbocycles. The van der Waals surface area contributed by atoms with E-state index in [0.29, 0.717) is 5.56 Å². The zero-order chi connectivity index (χ0) is 12.4. The molecule has 1 atom stereocenters. The molecular weight excluding hydrogens is 225 g/mol. The minimum Gasteiger partial charge on any atom is -0.479 e.